The Morgan fingerprint density at radius 2 is 1.87 bits per heavy atom. The second-order valence-corrected chi connectivity index (χ2v) is 6.19. The monoisotopic (exact) mass is 290 g/mol. The number of amidine groups is 1. The molecule has 1 atom stereocenters. The van der Waals surface area contributed by atoms with Crippen LogP contribution in [0.4, 0.5) is 0 Å². The standard InChI is InChI=1S/C11H19BrN2S/c12-8-10-9-13-11(15-10)14-6-4-2-1-3-5-7-14/h10H,1-9H2. The highest BCUT2D eigenvalue weighted by atomic mass is 79.9. The van der Waals surface area contributed by atoms with Gasteiger partial charge in [-0.1, -0.05) is 47.0 Å². The summed E-state index contributed by atoms with van der Waals surface area (Å²) in [7, 11) is 0. The van der Waals surface area contributed by atoms with Crippen LogP contribution in [0.1, 0.15) is 32.1 Å². The molecule has 0 spiro atoms. The molecular weight excluding hydrogens is 272 g/mol. The van der Waals surface area contributed by atoms with Crippen LogP contribution in [0.3, 0.4) is 0 Å². The van der Waals surface area contributed by atoms with Crippen molar-refractivity contribution in [1.82, 2.24) is 4.90 Å². The van der Waals surface area contributed by atoms with E-state index in [4.69, 9.17) is 0 Å². The van der Waals surface area contributed by atoms with E-state index in [2.05, 4.69) is 25.8 Å². The summed E-state index contributed by atoms with van der Waals surface area (Å²) >= 11 is 5.51. The molecule has 2 aliphatic heterocycles. The van der Waals surface area contributed by atoms with E-state index in [0.29, 0.717) is 5.25 Å². The summed E-state index contributed by atoms with van der Waals surface area (Å²) in [5.74, 6) is 0. The van der Waals surface area contributed by atoms with E-state index in [-0.39, 0.29) is 0 Å². The smallest absolute Gasteiger partial charge is 0.159 e. The van der Waals surface area contributed by atoms with Crippen molar-refractivity contribution in [3.8, 4) is 0 Å². The van der Waals surface area contributed by atoms with Crippen molar-refractivity contribution in [2.45, 2.75) is 37.4 Å². The molecule has 0 bridgehead atoms. The maximum Gasteiger partial charge on any atom is 0.159 e. The molecule has 0 aromatic carbocycles. The fourth-order valence-corrected chi connectivity index (χ4v) is 3.69. The highest BCUT2D eigenvalue weighted by molar-refractivity contribution is 9.09. The lowest BCUT2D eigenvalue weighted by molar-refractivity contribution is 0.367. The number of rotatable bonds is 1. The van der Waals surface area contributed by atoms with E-state index >= 15 is 0 Å². The molecule has 0 aromatic heterocycles. The van der Waals surface area contributed by atoms with Crippen molar-refractivity contribution in [2.75, 3.05) is 25.0 Å². The number of halogens is 1. The van der Waals surface area contributed by atoms with Crippen LogP contribution in [-0.2, 0) is 0 Å². The molecule has 4 heteroatoms. The van der Waals surface area contributed by atoms with Gasteiger partial charge in [-0.05, 0) is 12.8 Å². The quantitative estimate of drug-likeness (QED) is 0.690. The van der Waals surface area contributed by atoms with Crippen molar-refractivity contribution in [2.24, 2.45) is 4.99 Å². The molecule has 2 heterocycles. The van der Waals surface area contributed by atoms with Crippen molar-refractivity contribution in [1.29, 1.82) is 0 Å². The van der Waals surface area contributed by atoms with Gasteiger partial charge in [0.05, 0.1) is 6.54 Å². The number of hydrogen-bond acceptors (Lipinski definition) is 3. The van der Waals surface area contributed by atoms with Gasteiger partial charge in [-0.15, -0.1) is 0 Å². The zero-order valence-corrected chi connectivity index (χ0v) is 11.5. The summed E-state index contributed by atoms with van der Waals surface area (Å²) in [4.78, 5) is 7.17. The Balaban J connectivity index is 1.85. The van der Waals surface area contributed by atoms with Crippen LogP contribution in [-0.4, -0.2) is 40.3 Å². The van der Waals surface area contributed by atoms with E-state index in [0.717, 1.165) is 11.9 Å². The van der Waals surface area contributed by atoms with Gasteiger partial charge in [-0.3, -0.25) is 4.99 Å². The number of alkyl halides is 1. The lowest BCUT2D eigenvalue weighted by atomic mass is 10.1. The van der Waals surface area contributed by atoms with Gasteiger partial charge < -0.3 is 4.90 Å². The first kappa shape index (κ1) is 11.8. The maximum atomic E-state index is 4.66. The number of likely N-dealkylation sites (tertiary alicyclic amines) is 1. The number of aliphatic imine (C=N–C) groups is 1. The fraction of sp³-hybridized carbons (Fsp3) is 0.909. The summed E-state index contributed by atoms with van der Waals surface area (Å²) in [6.07, 6.45) is 6.92. The van der Waals surface area contributed by atoms with Crippen molar-refractivity contribution >= 4 is 32.9 Å². The Labute approximate surface area is 105 Å². The molecule has 15 heavy (non-hydrogen) atoms. The third-order valence-corrected chi connectivity index (χ3v) is 5.46. The first-order valence-electron chi connectivity index (χ1n) is 5.92. The lowest BCUT2D eigenvalue weighted by Crippen LogP contribution is -2.31. The maximum absolute atomic E-state index is 4.66. The predicted octanol–water partition coefficient (Wildman–Crippen LogP) is 3.12. The summed E-state index contributed by atoms with van der Waals surface area (Å²) in [6, 6.07) is 0. The van der Waals surface area contributed by atoms with Crippen LogP contribution in [0.5, 0.6) is 0 Å². The van der Waals surface area contributed by atoms with Gasteiger partial charge >= 0.3 is 0 Å². The van der Waals surface area contributed by atoms with E-state index in [1.807, 2.05) is 11.8 Å². The molecule has 2 rings (SSSR count). The van der Waals surface area contributed by atoms with Gasteiger partial charge in [0.25, 0.3) is 0 Å². The second-order valence-electron chi connectivity index (χ2n) is 4.27. The summed E-state index contributed by atoms with van der Waals surface area (Å²) < 4.78 is 0. The Bertz CT molecular complexity index is 225. The molecule has 2 nitrogen and oxygen atoms in total. The molecule has 1 fully saturated rings. The Kier molecular flexibility index (Phi) is 4.82. The minimum atomic E-state index is 0.672. The van der Waals surface area contributed by atoms with E-state index in [1.165, 1.54) is 50.4 Å². The first-order chi connectivity index (χ1) is 7.40. The van der Waals surface area contributed by atoms with Crippen LogP contribution in [0.15, 0.2) is 4.99 Å². The van der Waals surface area contributed by atoms with Gasteiger partial charge in [0.1, 0.15) is 0 Å². The Morgan fingerprint density at radius 1 is 1.20 bits per heavy atom. The summed E-state index contributed by atoms with van der Waals surface area (Å²) in [5, 5.41) is 3.05. The van der Waals surface area contributed by atoms with Crippen molar-refractivity contribution in [3.05, 3.63) is 0 Å². The van der Waals surface area contributed by atoms with Gasteiger partial charge in [-0.25, -0.2) is 0 Å². The van der Waals surface area contributed by atoms with E-state index in [9.17, 15) is 0 Å². The Hall–Kier alpha value is 0.300. The fourth-order valence-electron chi connectivity index (χ4n) is 2.10. The van der Waals surface area contributed by atoms with Gasteiger partial charge in [0.2, 0.25) is 0 Å². The molecule has 0 aliphatic carbocycles. The third kappa shape index (κ3) is 3.38. The normalized spacial score (nSPS) is 28.5. The molecule has 0 saturated carbocycles. The third-order valence-electron chi connectivity index (χ3n) is 3.00. The number of hydrogen-bond donors (Lipinski definition) is 0. The molecular formula is C11H19BrN2S. The predicted molar refractivity (Wildman–Crippen MR) is 72.1 cm³/mol. The average Bonchev–Trinajstić information content (AvgIpc) is 2.65. The molecule has 0 radical (unpaired) electrons. The zero-order valence-electron chi connectivity index (χ0n) is 9.12. The molecule has 0 N–H and O–H groups in total. The van der Waals surface area contributed by atoms with Gasteiger partial charge in [-0.2, -0.15) is 0 Å². The average molecular weight is 291 g/mol. The van der Waals surface area contributed by atoms with Crippen molar-refractivity contribution < 1.29 is 0 Å². The molecule has 1 unspecified atom stereocenters. The summed E-state index contributed by atoms with van der Waals surface area (Å²) in [6.45, 7) is 3.45. The van der Waals surface area contributed by atoms with Crippen LogP contribution in [0.25, 0.3) is 0 Å². The van der Waals surface area contributed by atoms with Crippen LogP contribution in [0.2, 0.25) is 0 Å². The lowest BCUT2D eigenvalue weighted by Gasteiger charge is -2.26. The molecule has 1 saturated heterocycles. The molecule has 0 amide bonds. The SMILES string of the molecule is BrCC1CN=C(N2CCCCCCC2)S1. The van der Waals surface area contributed by atoms with Gasteiger partial charge in [0.15, 0.2) is 5.17 Å². The topological polar surface area (TPSA) is 15.6 Å². The molecule has 86 valence electrons. The van der Waals surface area contributed by atoms with Crippen LogP contribution >= 0.6 is 27.7 Å². The number of nitrogens with zero attached hydrogens (tertiary/aromatic N) is 2. The van der Waals surface area contributed by atoms with E-state index in [1.54, 1.807) is 0 Å². The zero-order chi connectivity index (χ0) is 10.5. The van der Waals surface area contributed by atoms with Crippen molar-refractivity contribution in [3.63, 3.8) is 0 Å². The highest BCUT2D eigenvalue weighted by Gasteiger charge is 2.23. The second kappa shape index (κ2) is 6.14. The van der Waals surface area contributed by atoms with Crippen LogP contribution < -0.4 is 0 Å². The molecule has 2 aliphatic rings. The Morgan fingerprint density at radius 3 is 2.47 bits per heavy atom. The minimum Gasteiger partial charge on any atom is -0.351 e. The molecule has 0 aromatic rings. The highest BCUT2D eigenvalue weighted by Crippen LogP contribution is 2.26. The first-order valence-corrected chi connectivity index (χ1v) is 7.92. The minimum absolute atomic E-state index is 0.672. The summed E-state index contributed by atoms with van der Waals surface area (Å²) in [5.41, 5.74) is 0. The van der Waals surface area contributed by atoms with Gasteiger partial charge in [0, 0.05) is 23.7 Å². The van der Waals surface area contributed by atoms with Crippen LogP contribution in [0, 0.1) is 0 Å². The largest absolute Gasteiger partial charge is 0.351 e. The van der Waals surface area contributed by atoms with E-state index < -0.39 is 0 Å². The number of thioether (sulfide) groups is 1.